The van der Waals surface area contributed by atoms with E-state index in [4.69, 9.17) is 18.6 Å². The van der Waals surface area contributed by atoms with Crippen LogP contribution in [0.3, 0.4) is 0 Å². The van der Waals surface area contributed by atoms with Crippen LogP contribution in [0.5, 0.6) is 0 Å². The summed E-state index contributed by atoms with van der Waals surface area (Å²) < 4.78 is 22.0. The molecule has 7 heteroatoms. The van der Waals surface area contributed by atoms with Gasteiger partial charge in [0.05, 0.1) is 24.4 Å². The van der Waals surface area contributed by atoms with Gasteiger partial charge < -0.3 is 18.6 Å². The van der Waals surface area contributed by atoms with Gasteiger partial charge in [0.1, 0.15) is 5.52 Å². The van der Waals surface area contributed by atoms with Crippen molar-refractivity contribution in [3.05, 3.63) is 36.2 Å². The van der Waals surface area contributed by atoms with E-state index in [1.165, 1.54) is 21.3 Å². The van der Waals surface area contributed by atoms with Crippen molar-refractivity contribution in [3.8, 4) is 0 Å². The second kappa shape index (κ2) is 6.00. The summed E-state index contributed by atoms with van der Waals surface area (Å²) in [6.07, 6.45) is 2.08. The van der Waals surface area contributed by atoms with E-state index in [0.29, 0.717) is 23.5 Å². The second-order valence-electron chi connectivity index (χ2n) is 7.19. The van der Waals surface area contributed by atoms with Crippen LogP contribution >= 0.6 is 0 Å². The van der Waals surface area contributed by atoms with Gasteiger partial charge in [-0.1, -0.05) is 18.2 Å². The zero-order valence-corrected chi connectivity index (χ0v) is 15.6. The van der Waals surface area contributed by atoms with Gasteiger partial charge in [-0.25, -0.2) is 4.98 Å². The summed E-state index contributed by atoms with van der Waals surface area (Å²) >= 11 is 0. The van der Waals surface area contributed by atoms with Gasteiger partial charge in [0.15, 0.2) is 5.58 Å². The number of ketones is 1. The van der Waals surface area contributed by atoms with Crippen molar-refractivity contribution in [1.82, 2.24) is 4.98 Å². The fourth-order valence-electron chi connectivity index (χ4n) is 4.46. The molecule has 1 aromatic carbocycles. The largest absolute Gasteiger partial charge is 0.469 e. The van der Waals surface area contributed by atoms with Crippen LogP contribution in [0.25, 0.3) is 16.7 Å². The number of para-hydroxylation sites is 2. The van der Waals surface area contributed by atoms with E-state index in [-0.39, 0.29) is 5.78 Å². The number of carbonyl (C=O) groups is 2. The molecular weight excluding hydrogens is 350 g/mol. The highest BCUT2D eigenvalue weighted by molar-refractivity contribution is 6.02. The second-order valence-corrected chi connectivity index (χ2v) is 7.19. The molecule has 142 valence electrons. The summed E-state index contributed by atoms with van der Waals surface area (Å²) in [4.78, 5) is 30.2. The predicted molar refractivity (Wildman–Crippen MR) is 95.5 cm³/mol. The summed E-state index contributed by atoms with van der Waals surface area (Å²) in [7, 11) is 4.19. The van der Waals surface area contributed by atoms with E-state index in [2.05, 4.69) is 4.98 Å². The molecular formula is C20H21NO6. The van der Waals surface area contributed by atoms with Crippen molar-refractivity contribution in [2.24, 2.45) is 17.3 Å². The Balaban J connectivity index is 1.90. The molecule has 0 radical (unpaired) electrons. The molecule has 1 fully saturated rings. The first-order valence-corrected chi connectivity index (χ1v) is 8.72. The van der Waals surface area contributed by atoms with Crippen molar-refractivity contribution in [2.75, 3.05) is 21.3 Å². The van der Waals surface area contributed by atoms with Crippen molar-refractivity contribution in [1.29, 1.82) is 0 Å². The van der Waals surface area contributed by atoms with Gasteiger partial charge in [0.25, 0.3) is 0 Å². The number of ether oxygens (including phenoxy) is 3. The smallest absolute Gasteiger partial charge is 0.312 e. The van der Waals surface area contributed by atoms with E-state index in [1.54, 1.807) is 13.0 Å². The lowest BCUT2D eigenvalue weighted by Crippen LogP contribution is -2.64. The lowest BCUT2D eigenvalue weighted by Gasteiger charge is -2.53. The van der Waals surface area contributed by atoms with Crippen molar-refractivity contribution < 1.29 is 28.2 Å². The third-order valence-corrected chi connectivity index (χ3v) is 5.92. The Kier molecular flexibility index (Phi) is 3.98. The number of carbonyl (C=O) groups excluding carboxylic acids is 2. The summed E-state index contributed by atoms with van der Waals surface area (Å²) in [5, 5.41) is 0. The molecule has 3 atom stereocenters. The minimum atomic E-state index is -1.48. The fraction of sp³-hybridized carbons (Fsp3) is 0.450. The molecule has 7 nitrogen and oxygen atoms in total. The Morgan fingerprint density at radius 1 is 1.22 bits per heavy atom. The number of rotatable bonds is 4. The number of hydrogen-bond acceptors (Lipinski definition) is 7. The maximum Gasteiger partial charge on any atom is 0.312 e. The molecule has 0 spiro atoms. The number of allylic oxidation sites excluding steroid dienone is 1. The summed E-state index contributed by atoms with van der Waals surface area (Å²) in [6.45, 7) is 1.74. The fourth-order valence-corrected chi connectivity index (χ4v) is 4.46. The number of Topliss-reactive ketones (excluding diaryl/α,β-unsaturated/α-hetero) is 1. The van der Waals surface area contributed by atoms with Crippen LogP contribution in [0.2, 0.25) is 0 Å². The molecule has 5 rings (SSSR count). The molecule has 0 amide bonds. The summed E-state index contributed by atoms with van der Waals surface area (Å²) in [5.74, 6) is -3.12. The van der Waals surface area contributed by atoms with Crippen LogP contribution in [0.4, 0.5) is 0 Å². The first kappa shape index (κ1) is 17.9. The Bertz CT molecular complexity index is 923. The maximum atomic E-state index is 13.2. The minimum Gasteiger partial charge on any atom is -0.469 e. The molecule has 0 N–H and O–H groups in total. The van der Waals surface area contributed by atoms with Gasteiger partial charge in [0, 0.05) is 19.8 Å². The molecule has 0 saturated heterocycles. The number of aromatic nitrogens is 1. The first-order chi connectivity index (χ1) is 12.9. The van der Waals surface area contributed by atoms with E-state index in [1.807, 2.05) is 24.3 Å². The van der Waals surface area contributed by atoms with Gasteiger partial charge in [0.2, 0.25) is 17.5 Å². The van der Waals surface area contributed by atoms with Crippen molar-refractivity contribution in [3.63, 3.8) is 0 Å². The topological polar surface area (TPSA) is 87.9 Å². The minimum absolute atomic E-state index is 0.295. The quantitative estimate of drug-likeness (QED) is 0.603. The lowest BCUT2D eigenvalue weighted by molar-refractivity contribution is -0.244. The van der Waals surface area contributed by atoms with Gasteiger partial charge in [-0.05, 0) is 25.5 Å². The predicted octanol–water partition coefficient (Wildman–Crippen LogP) is 2.60. The molecule has 3 aliphatic rings. The molecule has 1 aromatic heterocycles. The number of hydrogen-bond donors (Lipinski definition) is 0. The van der Waals surface area contributed by atoms with Gasteiger partial charge in [-0.2, -0.15) is 0 Å². The van der Waals surface area contributed by atoms with Crippen LogP contribution in [0, 0.1) is 17.3 Å². The normalized spacial score (nSPS) is 29.0. The maximum absolute atomic E-state index is 13.2. The van der Waals surface area contributed by atoms with Crippen LogP contribution in [0.1, 0.15) is 19.2 Å². The Hall–Kier alpha value is -2.51. The van der Waals surface area contributed by atoms with E-state index in [0.717, 1.165) is 5.52 Å². The van der Waals surface area contributed by atoms with E-state index < -0.39 is 29.0 Å². The highest BCUT2D eigenvalue weighted by Gasteiger charge is 2.66. The average Bonchev–Trinajstić information content (AvgIpc) is 3.12. The van der Waals surface area contributed by atoms with E-state index >= 15 is 0 Å². The van der Waals surface area contributed by atoms with Crippen LogP contribution in [-0.4, -0.2) is 43.9 Å². The van der Waals surface area contributed by atoms with Crippen LogP contribution in [0.15, 0.2) is 34.8 Å². The SMILES string of the molecule is COC(=O)[C@]1(C)C[C@@H]2C(c3nc4ccccc4o3)=C[C@H]1C(=O)C2(OC)OC. The van der Waals surface area contributed by atoms with Gasteiger partial charge >= 0.3 is 5.97 Å². The third kappa shape index (κ3) is 2.25. The highest BCUT2D eigenvalue weighted by Crippen LogP contribution is 2.57. The van der Waals surface area contributed by atoms with E-state index in [9.17, 15) is 9.59 Å². The molecule has 1 saturated carbocycles. The zero-order chi connectivity index (χ0) is 19.4. The van der Waals surface area contributed by atoms with Gasteiger partial charge in [-0.3, -0.25) is 9.59 Å². The molecule has 2 bridgehead atoms. The summed E-state index contributed by atoms with van der Waals surface area (Å²) in [5.41, 5.74) is 1.09. The standard InChI is InChI=1S/C20H21NO6/c1-19(18(23)24-2)10-13-11(9-12(19)16(22)20(13,25-3)26-4)17-21-14-7-5-6-8-15(14)27-17/h5-9,12-13H,10H2,1-4H3/t12-,13+,19+/m0/s1. The number of nitrogens with zero attached hydrogens (tertiary/aromatic N) is 1. The molecule has 27 heavy (non-hydrogen) atoms. The zero-order valence-electron chi connectivity index (χ0n) is 15.6. The molecule has 3 aliphatic carbocycles. The lowest BCUT2D eigenvalue weighted by atomic mass is 9.54. The Morgan fingerprint density at radius 3 is 2.56 bits per heavy atom. The summed E-state index contributed by atoms with van der Waals surface area (Å²) in [6, 6.07) is 7.43. The first-order valence-electron chi connectivity index (χ1n) is 8.72. The number of esters is 1. The number of benzene rings is 1. The Labute approximate surface area is 156 Å². The Morgan fingerprint density at radius 2 is 1.93 bits per heavy atom. The third-order valence-electron chi connectivity index (χ3n) is 5.92. The highest BCUT2D eigenvalue weighted by atomic mass is 16.7. The van der Waals surface area contributed by atoms with Crippen LogP contribution < -0.4 is 0 Å². The number of fused-ring (bicyclic) bond motifs is 3. The van der Waals surface area contributed by atoms with Crippen molar-refractivity contribution in [2.45, 2.75) is 19.1 Å². The monoisotopic (exact) mass is 371 g/mol. The molecule has 1 heterocycles. The average molecular weight is 371 g/mol. The number of oxazole rings is 1. The van der Waals surface area contributed by atoms with Crippen molar-refractivity contribution >= 4 is 28.4 Å². The van der Waals surface area contributed by atoms with Gasteiger partial charge in [-0.15, -0.1) is 0 Å². The van der Waals surface area contributed by atoms with Crippen LogP contribution in [-0.2, 0) is 23.8 Å². The molecule has 0 unspecified atom stereocenters. The molecule has 2 aromatic rings. The number of methoxy groups -OCH3 is 3. The molecule has 0 aliphatic heterocycles.